The van der Waals surface area contributed by atoms with Gasteiger partial charge in [-0.1, -0.05) is 6.92 Å². The highest BCUT2D eigenvalue weighted by molar-refractivity contribution is 5.66. The number of methoxy groups -OCH3 is 2. The fourth-order valence-corrected chi connectivity index (χ4v) is 1.93. The molecule has 1 aromatic heterocycles. The first-order valence-corrected chi connectivity index (χ1v) is 6.28. The van der Waals surface area contributed by atoms with Crippen molar-refractivity contribution in [1.82, 2.24) is 9.97 Å². The Bertz CT molecular complexity index is 602. The van der Waals surface area contributed by atoms with Crippen LogP contribution in [0.25, 0.3) is 0 Å². The van der Waals surface area contributed by atoms with Gasteiger partial charge >= 0.3 is 0 Å². The molecule has 0 amide bonds. The molecule has 2 aromatic rings. The van der Waals surface area contributed by atoms with Crippen LogP contribution in [0.3, 0.4) is 0 Å². The van der Waals surface area contributed by atoms with Crippen molar-refractivity contribution in [2.75, 3.05) is 25.3 Å². The lowest BCUT2D eigenvalue weighted by molar-refractivity contribution is 0.355. The maximum absolute atomic E-state index is 5.85. The van der Waals surface area contributed by atoms with E-state index in [2.05, 4.69) is 15.3 Å². The lowest BCUT2D eigenvalue weighted by atomic mass is 10.2. The number of rotatable bonds is 5. The van der Waals surface area contributed by atoms with Crippen molar-refractivity contribution in [3.05, 3.63) is 30.1 Å². The maximum Gasteiger partial charge on any atom is 0.162 e. The van der Waals surface area contributed by atoms with E-state index in [1.165, 1.54) is 6.33 Å². The molecule has 0 radical (unpaired) electrons. The minimum absolute atomic E-state index is 0.491. The molecule has 0 saturated heterocycles. The number of nitrogens with zero attached hydrogens (tertiary/aromatic N) is 2. The van der Waals surface area contributed by atoms with Crippen LogP contribution in [0.5, 0.6) is 11.5 Å². The van der Waals surface area contributed by atoms with Crippen LogP contribution in [-0.2, 0) is 6.42 Å². The molecule has 6 heteroatoms. The maximum atomic E-state index is 5.85. The van der Waals surface area contributed by atoms with Gasteiger partial charge in [-0.25, -0.2) is 9.97 Å². The highest BCUT2D eigenvalue weighted by Crippen LogP contribution is 2.31. The van der Waals surface area contributed by atoms with E-state index >= 15 is 0 Å². The van der Waals surface area contributed by atoms with Gasteiger partial charge in [0.05, 0.1) is 14.2 Å². The van der Waals surface area contributed by atoms with Gasteiger partial charge in [0.25, 0.3) is 0 Å². The molecule has 0 aliphatic rings. The first-order chi connectivity index (χ1) is 9.69. The van der Waals surface area contributed by atoms with Gasteiger partial charge in [-0.05, 0) is 18.6 Å². The van der Waals surface area contributed by atoms with Crippen molar-refractivity contribution in [2.24, 2.45) is 0 Å². The van der Waals surface area contributed by atoms with Crippen LogP contribution >= 0.6 is 0 Å². The van der Waals surface area contributed by atoms with Crippen LogP contribution in [0.15, 0.2) is 24.5 Å². The highest BCUT2D eigenvalue weighted by atomic mass is 16.5. The van der Waals surface area contributed by atoms with E-state index in [0.29, 0.717) is 23.1 Å². The van der Waals surface area contributed by atoms with Crippen molar-refractivity contribution >= 4 is 17.3 Å². The number of hydrogen-bond acceptors (Lipinski definition) is 6. The predicted octanol–water partition coefficient (Wildman–Crippen LogP) is 2.38. The molecule has 20 heavy (non-hydrogen) atoms. The second-order valence-electron chi connectivity index (χ2n) is 4.13. The molecule has 3 N–H and O–H groups in total. The van der Waals surface area contributed by atoms with Gasteiger partial charge in [0.2, 0.25) is 0 Å². The van der Waals surface area contributed by atoms with Gasteiger partial charge in [-0.15, -0.1) is 0 Å². The second-order valence-corrected chi connectivity index (χ2v) is 4.13. The van der Waals surface area contributed by atoms with Crippen LogP contribution in [0.4, 0.5) is 17.3 Å². The van der Waals surface area contributed by atoms with Gasteiger partial charge in [0.1, 0.15) is 18.0 Å². The summed E-state index contributed by atoms with van der Waals surface area (Å²) in [5.74, 6) is 2.52. The smallest absolute Gasteiger partial charge is 0.162 e. The Morgan fingerprint density at radius 1 is 1.15 bits per heavy atom. The number of hydrogen-bond donors (Lipinski definition) is 2. The van der Waals surface area contributed by atoms with Crippen LogP contribution in [0.2, 0.25) is 0 Å². The van der Waals surface area contributed by atoms with Crippen LogP contribution in [0, 0.1) is 0 Å². The zero-order valence-electron chi connectivity index (χ0n) is 11.8. The van der Waals surface area contributed by atoms with E-state index in [4.69, 9.17) is 15.2 Å². The standard InChI is InChI=1S/C14H18N4O2/c1-4-10-13(15)16-8-17-14(10)18-9-5-6-11(19-2)12(7-9)20-3/h5-8H,4H2,1-3H3,(H3,15,16,17,18). The zero-order valence-corrected chi connectivity index (χ0v) is 11.8. The van der Waals surface area contributed by atoms with E-state index < -0.39 is 0 Å². The monoisotopic (exact) mass is 274 g/mol. The number of anilines is 3. The molecule has 106 valence electrons. The molecular formula is C14H18N4O2. The molecular weight excluding hydrogens is 256 g/mol. The summed E-state index contributed by atoms with van der Waals surface area (Å²) in [6.45, 7) is 2.01. The average molecular weight is 274 g/mol. The first kappa shape index (κ1) is 13.9. The summed E-state index contributed by atoms with van der Waals surface area (Å²) < 4.78 is 10.5. The Labute approximate surface area is 118 Å². The Hall–Kier alpha value is -2.50. The lowest BCUT2D eigenvalue weighted by Crippen LogP contribution is -2.04. The molecule has 1 aromatic carbocycles. The molecule has 6 nitrogen and oxygen atoms in total. The average Bonchev–Trinajstić information content (AvgIpc) is 2.47. The molecule has 0 aliphatic heterocycles. The summed E-state index contributed by atoms with van der Waals surface area (Å²) >= 11 is 0. The normalized spacial score (nSPS) is 10.2. The summed E-state index contributed by atoms with van der Waals surface area (Å²) in [5, 5.41) is 3.22. The minimum atomic E-state index is 0.491. The fourth-order valence-electron chi connectivity index (χ4n) is 1.93. The van der Waals surface area contributed by atoms with Gasteiger partial charge in [-0.2, -0.15) is 0 Å². The van der Waals surface area contributed by atoms with Gasteiger partial charge in [0.15, 0.2) is 11.5 Å². The SMILES string of the molecule is CCc1c(N)ncnc1Nc1ccc(OC)c(OC)c1. The quantitative estimate of drug-likeness (QED) is 0.871. The van der Waals surface area contributed by atoms with Crippen molar-refractivity contribution in [1.29, 1.82) is 0 Å². The molecule has 2 rings (SSSR count). The predicted molar refractivity (Wildman–Crippen MR) is 78.7 cm³/mol. The first-order valence-electron chi connectivity index (χ1n) is 6.28. The molecule has 0 unspecified atom stereocenters. The third-order valence-electron chi connectivity index (χ3n) is 2.98. The largest absolute Gasteiger partial charge is 0.493 e. The van der Waals surface area contributed by atoms with E-state index in [-0.39, 0.29) is 0 Å². The zero-order chi connectivity index (χ0) is 14.5. The number of nitrogen functional groups attached to an aromatic ring is 1. The molecule has 0 bridgehead atoms. The summed E-state index contributed by atoms with van der Waals surface area (Å²) in [5.41, 5.74) is 7.59. The Kier molecular flexibility index (Phi) is 4.24. The molecule has 0 spiro atoms. The van der Waals surface area contributed by atoms with Crippen LogP contribution in [-0.4, -0.2) is 24.2 Å². The minimum Gasteiger partial charge on any atom is -0.493 e. The van der Waals surface area contributed by atoms with Crippen molar-refractivity contribution in [3.63, 3.8) is 0 Å². The Morgan fingerprint density at radius 2 is 1.90 bits per heavy atom. The highest BCUT2D eigenvalue weighted by Gasteiger charge is 2.09. The van der Waals surface area contributed by atoms with Crippen molar-refractivity contribution in [3.8, 4) is 11.5 Å². The summed E-state index contributed by atoms with van der Waals surface area (Å²) in [6.07, 6.45) is 2.19. The van der Waals surface area contributed by atoms with E-state index in [9.17, 15) is 0 Å². The number of nitrogens with one attached hydrogen (secondary N) is 1. The number of ether oxygens (including phenoxy) is 2. The fraction of sp³-hybridized carbons (Fsp3) is 0.286. The van der Waals surface area contributed by atoms with Crippen molar-refractivity contribution in [2.45, 2.75) is 13.3 Å². The summed E-state index contributed by atoms with van der Waals surface area (Å²) in [7, 11) is 3.20. The van der Waals surface area contributed by atoms with Gasteiger partial charge < -0.3 is 20.5 Å². The van der Waals surface area contributed by atoms with Crippen LogP contribution in [0.1, 0.15) is 12.5 Å². The Morgan fingerprint density at radius 3 is 2.55 bits per heavy atom. The van der Waals surface area contributed by atoms with E-state index in [1.807, 2.05) is 25.1 Å². The lowest BCUT2D eigenvalue weighted by Gasteiger charge is -2.13. The number of benzene rings is 1. The van der Waals surface area contributed by atoms with E-state index in [0.717, 1.165) is 17.7 Å². The molecule has 0 aliphatic carbocycles. The number of nitrogens with two attached hydrogens (primary N) is 1. The van der Waals surface area contributed by atoms with Gasteiger partial charge in [-0.3, -0.25) is 0 Å². The number of aromatic nitrogens is 2. The third kappa shape index (κ3) is 2.74. The topological polar surface area (TPSA) is 82.3 Å². The second kappa shape index (κ2) is 6.10. The molecule has 1 heterocycles. The molecule has 0 atom stereocenters. The molecule has 0 saturated carbocycles. The van der Waals surface area contributed by atoms with Crippen LogP contribution < -0.4 is 20.5 Å². The van der Waals surface area contributed by atoms with Gasteiger partial charge in [0, 0.05) is 17.3 Å². The van der Waals surface area contributed by atoms with E-state index in [1.54, 1.807) is 14.2 Å². The van der Waals surface area contributed by atoms with Crippen molar-refractivity contribution < 1.29 is 9.47 Å². The summed E-state index contributed by atoms with van der Waals surface area (Å²) in [6, 6.07) is 5.56. The summed E-state index contributed by atoms with van der Waals surface area (Å²) in [4.78, 5) is 8.22. The third-order valence-corrected chi connectivity index (χ3v) is 2.98. The molecule has 0 fully saturated rings. The Balaban J connectivity index is 2.33.